The molecule has 0 saturated heterocycles. The van der Waals surface area contributed by atoms with Crippen LogP contribution >= 0.6 is 0 Å². The summed E-state index contributed by atoms with van der Waals surface area (Å²) in [6.07, 6.45) is 6.54. The second kappa shape index (κ2) is 11.9. The zero-order valence-corrected chi connectivity index (χ0v) is 13.8. The molecule has 0 fully saturated rings. The van der Waals surface area contributed by atoms with Crippen molar-refractivity contribution in [1.82, 2.24) is 0 Å². The molecule has 17 heavy (non-hydrogen) atoms. The third kappa shape index (κ3) is 16.9. The van der Waals surface area contributed by atoms with Crippen molar-refractivity contribution in [2.45, 2.75) is 64.4 Å². The second-order valence-corrected chi connectivity index (χ2v) is 5.78. The fraction of sp³-hybridized carbons (Fsp3) is 1.00. The van der Waals surface area contributed by atoms with Crippen molar-refractivity contribution in [3.05, 3.63) is 0 Å². The maximum Gasteiger partial charge on any atom is 1.00 e. The molecule has 0 aromatic heterocycles. The van der Waals surface area contributed by atoms with Gasteiger partial charge in [-0.1, -0.05) is 32.6 Å². The number of hydrogen-bond acceptors (Lipinski definition) is 4. The average molecular weight is 274 g/mol. The van der Waals surface area contributed by atoms with E-state index in [0.29, 0.717) is 19.3 Å². The van der Waals surface area contributed by atoms with Crippen molar-refractivity contribution < 1.29 is 47.6 Å². The van der Waals surface area contributed by atoms with Crippen LogP contribution in [0.4, 0.5) is 0 Å². The number of unbranched alkanes of at least 4 members (excludes halogenated alkanes) is 4. The molecule has 4 nitrogen and oxygen atoms in total. The Hall–Kier alpha value is 0.870. The summed E-state index contributed by atoms with van der Waals surface area (Å²) in [5.41, 5.74) is 0. The van der Waals surface area contributed by atoms with E-state index in [1.54, 1.807) is 0 Å². The Balaban J connectivity index is 0. The van der Waals surface area contributed by atoms with Crippen LogP contribution < -0.4 is 29.6 Å². The van der Waals surface area contributed by atoms with Gasteiger partial charge in [0.15, 0.2) is 0 Å². The van der Waals surface area contributed by atoms with E-state index < -0.39 is 10.1 Å². The first-order valence-corrected chi connectivity index (χ1v) is 7.65. The Kier molecular flexibility index (Phi) is 14.2. The molecule has 6 heteroatoms. The van der Waals surface area contributed by atoms with Gasteiger partial charge in [0.1, 0.15) is 0 Å². The van der Waals surface area contributed by atoms with Crippen LogP contribution in [0.2, 0.25) is 0 Å². The molecule has 0 bridgehead atoms. The van der Waals surface area contributed by atoms with Gasteiger partial charge in [0.05, 0.1) is 16.2 Å². The predicted molar refractivity (Wildman–Crippen MR) is 63.2 cm³/mol. The topological polar surface area (TPSA) is 77.4 Å². The zero-order valence-electron chi connectivity index (χ0n) is 11.0. The molecule has 0 aliphatic heterocycles. The fourth-order valence-corrected chi connectivity index (χ4v) is 2.17. The third-order valence-electron chi connectivity index (χ3n) is 2.57. The Labute approximate surface area is 127 Å². The van der Waals surface area contributed by atoms with Gasteiger partial charge in [0.25, 0.3) is 0 Å². The van der Waals surface area contributed by atoms with Crippen LogP contribution in [0, 0.1) is 0 Å². The van der Waals surface area contributed by atoms with Gasteiger partial charge in [0.2, 0.25) is 0 Å². The molecule has 1 N–H and O–H groups in total. The van der Waals surface area contributed by atoms with Crippen LogP contribution in [0.5, 0.6) is 0 Å². The Morgan fingerprint density at radius 1 is 1.06 bits per heavy atom. The minimum Gasteiger partial charge on any atom is -0.748 e. The first-order chi connectivity index (χ1) is 7.45. The van der Waals surface area contributed by atoms with Gasteiger partial charge in [-0.25, -0.2) is 8.42 Å². The summed E-state index contributed by atoms with van der Waals surface area (Å²) in [7, 11) is -4.08. The minimum atomic E-state index is -4.08. The Bertz CT molecular complexity index is 254. The summed E-state index contributed by atoms with van der Waals surface area (Å²) in [6.45, 7) is 2.14. The van der Waals surface area contributed by atoms with Crippen LogP contribution in [0.3, 0.4) is 0 Å². The van der Waals surface area contributed by atoms with Gasteiger partial charge >= 0.3 is 29.6 Å². The predicted octanol–water partition coefficient (Wildman–Crippen LogP) is -0.963. The smallest absolute Gasteiger partial charge is 0.748 e. The third-order valence-corrected chi connectivity index (χ3v) is 3.36. The zero-order chi connectivity index (χ0) is 12.4. The molecule has 0 heterocycles. The van der Waals surface area contributed by atoms with E-state index in [9.17, 15) is 18.1 Å². The second-order valence-electron chi connectivity index (χ2n) is 4.26. The molecule has 0 aliphatic carbocycles. The van der Waals surface area contributed by atoms with Gasteiger partial charge in [-0.15, -0.1) is 0 Å². The van der Waals surface area contributed by atoms with E-state index in [4.69, 9.17) is 0 Å². The van der Waals surface area contributed by atoms with Gasteiger partial charge in [-0.2, -0.15) is 0 Å². The quantitative estimate of drug-likeness (QED) is 0.316. The molecule has 98 valence electrons. The van der Waals surface area contributed by atoms with Crippen LogP contribution in [0.15, 0.2) is 0 Å². The Morgan fingerprint density at radius 2 is 1.59 bits per heavy atom. The van der Waals surface area contributed by atoms with Gasteiger partial charge < -0.3 is 9.66 Å². The molecule has 0 amide bonds. The summed E-state index contributed by atoms with van der Waals surface area (Å²) in [6, 6.07) is 0. The molecule has 0 aliphatic rings. The summed E-state index contributed by atoms with van der Waals surface area (Å²) in [4.78, 5) is 0. The first kappa shape index (κ1) is 20.2. The molecule has 0 radical (unpaired) electrons. The molecule has 0 spiro atoms. The standard InChI is InChI=1S/C11H24O4S.Na/c1-2-3-4-5-8-11(12)9-6-7-10-16(13,14)15;/h11-12H,2-10H2,1H3,(H,13,14,15);/q;+1/p-1. The number of rotatable bonds is 10. The van der Waals surface area contributed by atoms with Crippen LogP contribution in [-0.2, 0) is 10.1 Å². The SMILES string of the molecule is CCCCCCC(O)CCCCS(=O)(=O)[O-].[Na+]. The van der Waals surface area contributed by atoms with Crippen molar-refractivity contribution in [3.8, 4) is 0 Å². The molecular weight excluding hydrogens is 251 g/mol. The van der Waals surface area contributed by atoms with Crippen LogP contribution in [0.1, 0.15) is 58.3 Å². The van der Waals surface area contributed by atoms with Crippen LogP contribution in [-0.4, -0.2) is 29.9 Å². The van der Waals surface area contributed by atoms with Gasteiger partial charge in [-0.05, 0) is 25.7 Å². The number of hydrogen-bond donors (Lipinski definition) is 1. The number of aliphatic hydroxyl groups excluding tert-OH is 1. The summed E-state index contributed by atoms with van der Waals surface area (Å²) < 4.78 is 30.9. The first-order valence-electron chi connectivity index (χ1n) is 6.07. The molecule has 0 rings (SSSR count). The van der Waals surface area contributed by atoms with Gasteiger partial charge in [0, 0.05) is 5.75 Å². The van der Waals surface area contributed by atoms with E-state index >= 15 is 0 Å². The fourth-order valence-electron chi connectivity index (χ4n) is 1.61. The summed E-state index contributed by atoms with van der Waals surface area (Å²) in [5.74, 6) is -0.310. The van der Waals surface area contributed by atoms with Crippen molar-refractivity contribution >= 4 is 10.1 Å². The Morgan fingerprint density at radius 3 is 2.06 bits per heavy atom. The van der Waals surface area contributed by atoms with E-state index in [-0.39, 0.29) is 41.4 Å². The minimum absolute atomic E-state index is 0. The monoisotopic (exact) mass is 274 g/mol. The van der Waals surface area contributed by atoms with Gasteiger partial charge in [-0.3, -0.25) is 0 Å². The normalized spacial score (nSPS) is 13.1. The van der Waals surface area contributed by atoms with E-state index in [1.807, 2.05) is 0 Å². The van der Waals surface area contributed by atoms with Crippen molar-refractivity contribution in [2.75, 3.05) is 5.75 Å². The summed E-state index contributed by atoms with van der Waals surface area (Å²) >= 11 is 0. The van der Waals surface area contributed by atoms with Crippen molar-refractivity contribution in [2.24, 2.45) is 0 Å². The molecule has 1 atom stereocenters. The van der Waals surface area contributed by atoms with Crippen LogP contribution in [0.25, 0.3) is 0 Å². The van der Waals surface area contributed by atoms with E-state index in [0.717, 1.165) is 19.3 Å². The maximum atomic E-state index is 10.3. The average Bonchev–Trinajstić information content (AvgIpc) is 2.18. The molecule has 0 saturated carbocycles. The molecule has 0 aromatic carbocycles. The molecule has 1 unspecified atom stereocenters. The van der Waals surface area contributed by atoms with E-state index in [2.05, 4.69) is 6.92 Å². The van der Waals surface area contributed by atoms with Crippen molar-refractivity contribution in [3.63, 3.8) is 0 Å². The molecular formula is C11H23NaO4S. The summed E-state index contributed by atoms with van der Waals surface area (Å²) in [5, 5.41) is 9.55. The molecule has 0 aromatic rings. The maximum absolute atomic E-state index is 10.3. The van der Waals surface area contributed by atoms with Crippen molar-refractivity contribution in [1.29, 1.82) is 0 Å². The van der Waals surface area contributed by atoms with E-state index in [1.165, 1.54) is 12.8 Å². The largest absolute Gasteiger partial charge is 1.00 e. The number of aliphatic hydroxyl groups is 1.